The van der Waals surface area contributed by atoms with Crippen molar-refractivity contribution in [3.05, 3.63) is 259 Å². The van der Waals surface area contributed by atoms with E-state index < -0.39 is 7.26 Å². The fourth-order valence-corrected chi connectivity index (χ4v) is 15.2. The summed E-state index contributed by atoms with van der Waals surface area (Å²) in [5.41, 5.74) is 7.69. The van der Waals surface area contributed by atoms with E-state index in [1.807, 2.05) is 0 Å². The molecule has 0 bridgehead atoms. The second-order valence-corrected chi connectivity index (χ2v) is 20.9. The lowest BCUT2D eigenvalue weighted by atomic mass is 10.0. The molecule has 0 fully saturated rings. The minimum atomic E-state index is -1.97. The summed E-state index contributed by atoms with van der Waals surface area (Å²) in [4.78, 5) is 5.42. The highest BCUT2D eigenvalue weighted by Crippen LogP contribution is 2.56. The van der Waals surface area contributed by atoms with Gasteiger partial charge >= 0.3 is 0 Å². The predicted octanol–water partition coefficient (Wildman–Crippen LogP) is 13.2. The number of nitrogens with zero attached hydrogens (tertiary/aromatic N) is 2. The van der Waals surface area contributed by atoms with Crippen molar-refractivity contribution in [2.75, 3.05) is 11.9 Å². The standard InChI is InChI=1S/C58H50N2PS/c1-6-23-49(24-7-1)56-57(50-25-8-2-9-26-50)60(44-46-36-38-48-22-17-19-28-52(48)42-46)58(59(56)43-45-35-37-47-21-16-18-27-51(47)41-45)62-40-20-39-61(53-29-10-3-11-30-53,54-31-12-4-13-32-54)55-33-14-5-15-34-55/h1-19,21-38,41-42,58H,20,39-40,43-44H2/q+1. The van der Waals surface area contributed by atoms with E-state index in [1.165, 1.54) is 71.1 Å². The molecule has 302 valence electrons. The molecule has 0 saturated carbocycles. The number of benzene rings is 9. The molecule has 1 heterocycles. The number of thioether (sulfide) groups is 1. The van der Waals surface area contributed by atoms with Crippen molar-refractivity contribution in [1.29, 1.82) is 0 Å². The summed E-state index contributed by atoms with van der Waals surface area (Å²) in [6.45, 7) is 1.57. The molecule has 1 aliphatic rings. The molecule has 0 atom stereocenters. The molecule has 1 aliphatic heterocycles. The Morgan fingerprint density at radius 3 is 1.13 bits per heavy atom. The van der Waals surface area contributed by atoms with Crippen LogP contribution in [0.3, 0.4) is 0 Å². The van der Waals surface area contributed by atoms with Crippen molar-refractivity contribution < 1.29 is 0 Å². The summed E-state index contributed by atoms with van der Waals surface area (Å²) >= 11 is 2.10. The summed E-state index contributed by atoms with van der Waals surface area (Å²) in [5.74, 6) is 1.01. The number of hydrogen-bond donors (Lipinski definition) is 0. The van der Waals surface area contributed by atoms with Crippen molar-refractivity contribution in [2.45, 2.75) is 25.0 Å². The highest BCUT2D eigenvalue weighted by molar-refractivity contribution is 8.00. The van der Waals surface area contributed by atoms with Crippen molar-refractivity contribution in [1.82, 2.24) is 9.80 Å². The van der Waals surface area contributed by atoms with Gasteiger partial charge in [0.05, 0.1) is 17.6 Å². The molecular weight excluding hydrogens is 788 g/mol. The van der Waals surface area contributed by atoms with Crippen LogP contribution in [0.25, 0.3) is 32.9 Å². The zero-order chi connectivity index (χ0) is 41.6. The van der Waals surface area contributed by atoms with Crippen LogP contribution in [-0.2, 0) is 13.1 Å². The van der Waals surface area contributed by atoms with Crippen LogP contribution in [0.4, 0.5) is 0 Å². The van der Waals surface area contributed by atoms with E-state index in [0.717, 1.165) is 31.4 Å². The minimum Gasteiger partial charge on any atom is -0.336 e. The van der Waals surface area contributed by atoms with E-state index in [-0.39, 0.29) is 5.50 Å². The van der Waals surface area contributed by atoms with Crippen LogP contribution in [0.15, 0.2) is 237 Å². The van der Waals surface area contributed by atoms with Gasteiger partial charge in [0.1, 0.15) is 23.2 Å². The molecule has 9 aromatic carbocycles. The summed E-state index contributed by atoms with van der Waals surface area (Å²) < 4.78 is 0. The molecule has 0 radical (unpaired) electrons. The Morgan fingerprint density at radius 2 is 0.726 bits per heavy atom. The molecule has 0 aliphatic carbocycles. The van der Waals surface area contributed by atoms with Gasteiger partial charge in [-0.1, -0.05) is 188 Å². The van der Waals surface area contributed by atoms with E-state index in [4.69, 9.17) is 0 Å². The average molecular weight is 838 g/mol. The maximum Gasteiger partial charge on any atom is 0.151 e. The van der Waals surface area contributed by atoms with Gasteiger partial charge in [-0.05, 0) is 87.6 Å². The molecule has 10 rings (SSSR count). The van der Waals surface area contributed by atoms with Gasteiger partial charge in [0.15, 0.2) is 5.50 Å². The molecule has 0 unspecified atom stereocenters. The lowest BCUT2D eigenvalue weighted by Gasteiger charge is -2.35. The lowest BCUT2D eigenvalue weighted by Crippen LogP contribution is -2.37. The Balaban J connectivity index is 1.08. The quantitative estimate of drug-likeness (QED) is 0.0796. The lowest BCUT2D eigenvalue weighted by molar-refractivity contribution is 0.236. The molecule has 0 amide bonds. The van der Waals surface area contributed by atoms with Crippen LogP contribution in [0.1, 0.15) is 28.7 Å². The number of rotatable bonds is 14. The van der Waals surface area contributed by atoms with E-state index >= 15 is 0 Å². The smallest absolute Gasteiger partial charge is 0.151 e. The Hall–Kier alpha value is -6.38. The van der Waals surface area contributed by atoms with Crippen LogP contribution in [0.5, 0.6) is 0 Å². The topological polar surface area (TPSA) is 6.48 Å². The largest absolute Gasteiger partial charge is 0.336 e. The van der Waals surface area contributed by atoms with Crippen LogP contribution >= 0.6 is 19.0 Å². The first-order valence-electron chi connectivity index (χ1n) is 21.7. The van der Waals surface area contributed by atoms with Crippen LogP contribution in [0.2, 0.25) is 0 Å². The summed E-state index contributed by atoms with van der Waals surface area (Å²) in [6.07, 6.45) is 2.16. The van der Waals surface area contributed by atoms with E-state index in [9.17, 15) is 0 Å². The molecule has 0 spiro atoms. The van der Waals surface area contributed by atoms with E-state index in [0.29, 0.717) is 0 Å². The van der Waals surface area contributed by atoms with Gasteiger partial charge in [0, 0.05) is 30.0 Å². The van der Waals surface area contributed by atoms with Crippen LogP contribution < -0.4 is 15.9 Å². The van der Waals surface area contributed by atoms with Gasteiger partial charge in [0.2, 0.25) is 0 Å². The number of hydrogen-bond acceptors (Lipinski definition) is 3. The third-order valence-electron chi connectivity index (χ3n) is 12.3. The fraction of sp³-hybridized carbons (Fsp3) is 0.103. The van der Waals surface area contributed by atoms with Gasteiger partial charge in [0.25, 0.3) is 0 Å². The van der Waals surface area contributed by atoms with Gasteiger partial charge in [-0.25, -0.2) is 0 Å². The van der Waals surface area contributed by atoms with E-state index in [1.54, 1.807) is 0 Å². The van der Waals surface area contributed by atoms with Crippen LogP contribution in [-0.4, -0.2) is 27.2 Å². The SMILES string of the molecule is c1ccc(C2=C(c3ccccc3)N(Cc3ccc4ccccc4c3)C(SCCC[P+](c3ccccc3)(c3ccccc3)c3ccccc3)N2Cc2ccc3ccccc3c2)cc1. The van der Waals surface area contributed by atoms with Gasteiger partial charge < -0.3 is 9.80 Å². The van der Waals surface area contributed by atoms with Crippen molar-refractivity contribution in [3.63, 3.8) is 0 Å². The molecule has 4 heteroatoms. The first kappa shape index (κ1) is 39.7. The fourth-order valence-electron chi connectivity index (χ4n) is 9.39. The first-order chi connectivity index (χ1) is 30.7. The molecule has 9 aromatic rings. The molecule has 0 saturated heterocycles. The normalized spacial score (nSPS) is 13.4. The van der Waals surface area contributed by atoms with Gasteiger partial charge in [-0.15, -0.1) is 11.8 Å². The number of fused-ring (bicyclic) bond motifs is 2. The third-order valence-corrected chi connectivity index (χ3v) is 18.1. The molecule has 0 aromatic heterocycles. The van der Waals surface area contributed by atoms with Crippen molar-refractivity contribution >= 4 is 67.9 Å². The summed E-state index contributed by atoms with van der Waals surface area (Å²) in [7, 11) is -1.97. The Bertz CT molecular complexity index is 2690. The molecular formula is C58H50N2PS+. The van der Waals surface area contributed by atoms with Crippen molar-refractivity contribution in [2.24, 2.45) is 0 Å². The average Bonchev–Trinajstić information content (AvgIpc) is 3.64. The highest BCUT2D eigenvalue weighted by atomic mass is 32.2. The van der Waals surface area contributed by atoms with Gasteiger partial charge in [-0.3, -0.25) is 0 Å². The maximum absolute atomic E-state index is 2.71. The Labute approximate surface area is 371 Å². The predicted molar refractivity (Wildman–Crippen MR) is 270 cm³/mol. The Kier molecular flexibility index (Phi) is 11.7. The third kappa shape index (κ3) is 8.07. The zero-order valence-electron chi connectivity index (χ0n) is 34.9. The molecule has 2 nitrogen and oxygen atoms in total. The van der Waals surface area contributed by atoms with Crippen LogP contribution in [0, 0.1) is 0 Å². The monoisotopic (exact) mass is 837 g/mol. The highest BCUT2D eigenvalue weighted by Gasteiger charge is 2.45. The van der Waals surface area contributed by atoms with Crippen molar-refractivity contribution in [3.8, 4) is 0 Å². The summed E-state index contributed by atoms with van der Waals surface area (Å²) in [5, 5.41) is 9.42. The molecule has 62 heavy (non-hydrogen) atoms. The summed E-state index contributed by atoms with van der Waals surface area (Å²) in [6, 6.07) is 87.7. The zero-order valence-corrected chi connectivity index (χ0v) is 36.6. The second-order valence-electron chi connectivity index (χ2n) is 16.1. The molecule has 0 N–H and O–H groups in total. The maximum atomic E-state index is 2.71. The second kappa shape index (κ2) is 18.3. The van der Waals surface area contributed by atoms with Gasteiger partial charge in [-0.2, -0.15) is 0 Å². The first-order valence-corrected chi connectivity index (χ1v) is 24.8. The minimum absolute atomic E-state index is 0.0382. The Morgan fingerprint density at radius 1 is 0.371 bits per heavy atom. The van der Waals surface area contributed by atoms with E-state index in [2.05, 4.69) is 258 Å².